The minimum atomic E-state index is -0.349. The molecule has 5 heteroatoms. The van der Waals surface area contributed by atoms with Gasteiger partial charge in [-0.2, -0.15) is 0 Å². The van der Waals surface area contributed by atoms with E-state index in [1.165, 1.54) is 0 Å². The lowest BCUT2D eigenvalue weighted by Crippen LogP contribution is -2.17. The average molecular weight is 330 g/mol. The zero-order valence-electron chi connectivity index (χ0n) is 11.4. The molecule has 4 nitrogen and oxygen atoms in total. The second kappa shape index (κ2) is 8.93. The number of halogens is 1. The molecule has 0 fully saturated rings. The number of rotatable bonds is 8. The van der Waals surface area contributed by atoms with E-state index in [4.69, 9.17) is 9.47 Å². The maximum absolute atomic E-state index is 11.3. The van der Waals surface area contributed by atoms with Gasteiger partial charge in [-0.3, -0.25) is 0 Å². The minimum Gasteiger partial charge on any atom is -0.482 e. The van der Waals surface area contributed by atoms with Crippen molar-refractivity contribution in [2.24, 2.45) is 0 Å². The molecule has 1 aromatic carbocycles. The van der Waals surface area contributed by atoms with E-state index >= 15 is 0 Å². The van der Waals surface area contributed by atoms with Crippen LogP contribution in [0.5, 0.6) is 5.75 Å². The van der Waals surface area contributed by atoms with E-state index < -0.39 is 0 Å². The Bertz CT molecular complexity index is 410. The smallest absolute Gasteiger partial charge is 0.344 e. The summed E-state index contributed by atoms with van der Waals surface area (Å²) in [5.74, 6) is 0.359. The average Bonchev–Trinajstić information content (AvgIpc) is 2.38. The van der Waals surface area contributed by atoms with Crippen molar-refractivity contribution in [1.29, 1.82) is 0 Å². The van der Waals surface area contributed by atoms with Crippen LogP contribution in [0.15, 0.2) is 22.7 Å². The molecule has 0 atom stereocenters. The van der Waals surface area contributed by atoms with Crippen LogP contribution in [0.1, 0.15) is 25.8 Å². The van der Waals surface area contributed by atoms with E-state index in [1.807, 2.05) is 18.2 Å². The highest BCUT2D eigenvalue weighted by molar-refractivity contribution is 9.10. The minimum absolute atomic E-state index is 0.0593. The first-order valence-corrected chi connectivity index (χ1v) is 7.24. The third kappa shape index (κ3) is 6.07. The monoisotopic (exact) mass is 329 g/mol. The summed E-state index contributed by atoms with van der Waals surface area (Å²) in [4.78, 5) is 11.3. The number of ether oxygens (including phenoxy) is 2. The molecular weight excluding hydrogens is 310 g/mol. The van der Waals surface area contributed by atoms with Gasteiger partial charge in [0.2, 0.25) is 0 Å². The van der Waals surface area contributed by atoms with Gasteiger partial charge in [-0.1, -0.05) is 22.9 Å². The van der Waals surface area contributed by atoms with Gasteiger partial charge in [0.1, 0.15) is 5.75 Å². The van der Waals surface area contributed by atoms with Crippen molar-refractivity contribution >= 4 is 21.9 Å². The summed E-state index contributed by atoms with van der Waals surface area (Å²) >= 11 is 3.44. The third-order valence-electron chi connectivity index (χ3n) is 2.42. The third-order valence-corrected chi connectivity index (χ3v) is 2.91. The van der Waals surface area contributed by atoms with E-state index in [0.29, 0.717) is 18.9 Å². The molecule has 0 aliphatic heterocycles. The Balaban J connectivity index is 2.62. The summed E-state index contributed by atoms with van der Waals surface area (Å²) in [5.41, 5.74) is 1.02. The first-order chi connectivity index (χ1) is 9.17. The zero-order chi connectivity index (χ0) is 14.1. The van der Waals surface area contributed by atoms with Gasteiger partial charge < -0.3 is 14.8 Å². The van der Waals surface area contributed by atoms with Crippen LogP contribution in [0.4, 0.5) is 0 Å². The molecule has 0 bridgehead atoms. The molecule has 0 aliphatic rings. The standard InChI is InChI=1S/C14H20BrNO3/c1-3-7-16-9-11-8-12(15)5-6-13(11)19-10-14(17)18-4-2/h5-6,8,16H,3-4,7,9-10H2,1-2H3. The predicted octanol–water partition coefficient (Wildman–Crippen LogP) is 2.89. The molecular formula is C14H20BrNO3. The number of benzene rings is 1. The lowest BCUT2D eigenvalue weighted by molar-refractivity contribution is -0.145. The van der Waals surface area contributed by atoms with Gasteiger partial charge >= 0.3 is 5.97 Å². The van der Waals surface area contributed by atoms with Gasteiger partial charge in [-0.15, -0.1) is 0 Å². The number of carbonyl (C=O) groups is 1. The summed E-state index contributed by atoms with van der Waals surface area (Å²) in [7, 11) is 0. The highest BCUT2D eigenvalue weighted by Gasteiger charge is 2.08. The second-order valence-electron chi connectivity index (χ2n) is 4.02. The number of esters is 1. The Labute approximate surface area is 122 Å². The first kappa shape index (κ1) is 16.0. The van der Waals surface area contributed by atoms with E-state index in [1.54, 1.807) is 6.92 Å². The fourth-order valence-electron chi connectivity index (χ4n) is 1.57. The molecule has 0 amide bonds. The van der Waals surface area contributed by atoms with Crippen molar-refractivity contribution < 1.29 is 14.3 Å². The number of carbonyl (C=O) groups excluding carboxylic acids is 1. The molecule has 19 heavy (non-hydrogen) atoms. The Hall–Kier alpha value is -1.07. The quantitative estimate of drug-likeness (QED) is 0.588. The summed E-state index contributed by atoms with van der Waals surface area (Å²) in [6.07, 6.45) is 1.08. The maximum atomic E-state index is 11.3. The van der Waals surface area contributed by atoms with Crippen LogP contribution < -0.4 is 10.1 Å². The lowest BCUT2D eigenvalue weighted by atomic mass is 10.2. The maximum Gasteiger partial charge on any atom is 0.344 e. The van der Waals surface area contributed by atoms with Gasteiger partial charge in [-0.05, 0) is 38.1 Å². The molecule has 0 saturated heterocycles. The second-order valence-corrected chi connectivity index (χ2v) is 4.94. The Morgan fingerprint density at radius 3 is 2.84 bits per heavy atom. The van der Waals surface area contributed by atoms with Crippen LogP contribution in [0.3, 0.4) is 0 Å². The number of nitrogens with one attached hydrogen (secondary N) is 1. The Morgan fingerprint density at radius 1 is 1.37 bits per heavy atom. The van der Waals surface area contributed by atoms with Gasteiger partial charge in [0.05, 0.1) is 6.61 Å². The van der Waals surface area contributed by atoms with E-state index in [2.05, 4.69) is 28.2 Å². The first-order valence-electron chi connectivity index (χ1n) is 6.45. The summed E-state index contributed by atoms with van der Waals surface area (Å²) in [6, 6.07) is 5.74. The van der Waals surface area contributed by atoms with Crippen molar-refractivity contribution in [3.63, 3.8) is 0 Å². The van der Waals surface area contributed by atoms with Crippen molar-refractivity contribution in [2.45, 2.75) is 26.8 Å². The van der Waals surface area contributed by atoms with Crippen molar-refractivity contribution in [1.82, 2.24) is 5.32 Å². The SMILES string of the molecule is CCCNCc1cc(Br)ccc1OCC(=O)OCC. The highest BCUT2D eigenvalue weighted by Crippen LogP contribution is 2.23. The Morgan fingerprint density at radius 2 is 2.16 bits per heavy atom. The lowest BCUT2D eigenvalue weighted by Gasteiger charge is -2.12. The van der Waals surface area contributed by atoms with Crippen LogP contribution in [0.25, 0.3) is 0 Å². The number of hydrogen-bond donors (Lipinski definition) is 1. The molecule has 0 spiro atoms. The van der Waals surface area contributed by atoms with Gasteiger partial charge in [0.25, 0.3) is 0 Å². The van der Waals surface area contributed by atoms with Gasteiger partial charge in [-0.25, -0.2) is 4.79 Å². The fourth-order valence-corrected chi connectivity index (χ4v) is 1.97. The molecule has 1 rings (SSSR count). The summed E-state index contributed by atoms with van der Waals surface area (Å²) < 4.78 is 11.3. The van der Waals surface area contributed by atoms with E-state index in [9.17, 15) is 4.79 Å². The Kier molecular flexibility index (Phi) is 7.52. The molecule has 0 aromatic heterocycles. The predicted molar refractivity (Wildman–Crippen MR) is 78.3 cm³/mol. The van der Waals surface area contributed by atoms with Gasteiger partial charge in [0, 0.05) is 16.6 Å². The molecule has 0 heterocycles. The molecule has 0 aliphatic carbocycles. The highest BCUT2D eigenvalue weighted by atomic mass is 79.9. The van der Waals surface area contributed by atoms with E-state index in [0.717, 1.165) is 23.0 Å². The topological polar surface area (TPSA) is 47.6 Å². The fraction of sp³-hybridized carbons (Fsp3) is 0.500. The molecule has 106 valence electrons. The molecule has 0 saturated carbocycles. The van der Waals surface area contributed by atoms with E-state index in [-0.39, 0.29) is 12.6 Å². The molecule has 1 aromatic rings. The van der Waals surface area contributed by atoms with Crippen LogP contribution in [0.2, 0.25) is 0 Å². The van der Waals surface area contributed by atoms with Crippen LogP contribution >= 0.6 is 15.9 Å². The summed E-state index contributed by atoms with van der Waals surface area (Å²) in [6.45, 7) is 5.86. The van der Waals surface area contributed by atoms with Gasteiger partial charge in [0.15, 0.2) is 6.61 Å². The summed E-state index contributed by atoms with van der Waals surface area (Å²) in [5, 5.41) is 3.31. The molecule has 1 N–H and O–H groups in total. The van der Waals surface area contributed by atoms with Crippen LogP contribution in [-0.2, 0) is 16.1 Å². The molecule has 0 radical (unpaired) electrons. The molecule has 0 unspecified atom stereocenters. The zero-order valence-corrected chi connectivity index (χ0v) is 13.0. The normalized spacial score (nSPS) is 10.3. The van der Waals surface area contributed by atoms with Crippen molar-refractivity contribution in [3.05, 3.63) is 28.2 Å². The van der Waals surface area contributed by atoms with Crippen molar-refractivity contribution in [2.75, 3.05) is 19.8 Å². The van der Waals surface area contributed by atoms with Crippen LogP contribution in [0, 0.1) is 0 Å². The van der Waals surface area contributed by atoms with Crippen LogP contribution in [-0.4, -0.2) is 25.7 Å². The number of hydrogen-bond acceptors (Lipinski definition) is 4. The largest absolute Gasteiger partial charge is 0.482 e. The van der Waals surface area contributed by atoms with Crippen molar-refractivity contribution in [3.8, 4) is 5.75 Å².